The summed E-state index contributed by atoms with van der Waals surface area (Å²) >= 11 is 0. The van der Waals surface area contributed by atoms with Crippen LogP contribution in [-0.2, 0) is 9.84 Å². The number of non-ortho nitro benzene ring substituents is 1. The lowest BCUT2D eigenvalue weighted by molar-refractivity contribution is -0.385. The van der Waals surface area contributed by atoms with E-state index < -0.39 is 14.8 Å². The van der Waals surface area contributed by atoms with Gasteiger partial charge < -0.3 is 10.6 Å². The Morgan fingerprint density at radius 3 is 2.33 bits per heavy atom. The second kappa shape index (κ2) is 7.78. The highest BCUT2D eigenvalue weighted by molar-refractivity contribution is 7.90. The molecule has 0 aliphatic rings. The molecular weight excluding hydrogens is 330 g/mol. The number of hydrogen-bond acceptors (Lipinski definition) is 6. The third kappa shape index (κ3) is 4.95. The smallest absolute Gasteiger partial charge is 0.270 e. The third-order valence-corrected chi connectivity index (χ3v) is 4.48. The molecule has 0 amide bonds. The minimum absolute atomic E-state index is 0.0623. The van der Waals surface area contributed by atoms with Crippen LogP contribution in [0.25, 0.3) is 0 Å². The van der Waals surface area contributed by atoms with Crippen molar-refractivity contribution in [2.45, 2.75) is 11.3 Å². The zero-order valence-corrected chi connectivity index (χ0v) is 14.0. The number of nitro groups is 1. The van der Waals surface area contributed by atoms with Gasteiger partial charge in [-0.15, -0.1) is 0 Å². The van der Waals surface area contributed by atoms with Gasteiger partial charge in [-0.2, -0.15) is 0 Å². The fourth-order valence-electron chi connectivity index (χ4n) is 2.18. The van der Waals surface area contributed by atoms with Gasteiger partial charge in [-0.05, 0) is 24.6 Å². The average Bonchev–Trinajstić information content (AvgIpc) is 2.54. The van der Waals surface area contributed by atoms with E-state index in [0.717, 1.165) is 31.0 Å². The number of nitrogens with zero attached hydrogens (tertiary/aromatic N) is 1. The molecule has 0 aliphatic heterocycles. The number of nitrogens with one attached hydrogen (secondary N) is 2. The molecule has 0 heterocycles. The lowest BCUT2D eigenvalue weighted by atomic mass is 10.2. The highest BCUT2D eigenvalue weighted by Gasteiger charge is 2.18. The first-order valence-corrected chi connectivity index (χ1v) is 9.28. The van der Waals surface area contributed by atoms with Crippen LogP contribution < -0.4 is 10.6 Å². The van der Waals surface area contributed by atoms with Crippen LogP contribution in [0.15, 0.2) is 53.4 Å². The zero-order chi connectivity index (χ0) is 17.6. The highest BCUT2D eigenvalue weighted by atomic mass is 32.2. The summed E-state index contributed by atoms with van der Waals surface area (Å²) in [4.78, 5) is 10.1. The highest BCUT2D eigenvalue weighted by Crippen LogP contribution is 2.26. The lowest BCUT2D eigenvalue weighted by Gasteiger charge is -2.11. The molecule has 0 atom stereocenters. The first kappa shape index (κ1) is 17.7. The molecule has 2 aromatic rings. The third-order valence-electron chi connectivity index (χ3n) is 3.35. The van der Waals surface area contributed by atoms with Crippen molar-refractivity contribution in [1.29, 1.82) is 0 Å². The van der Waals surface area contributed by atoms with Crippen LogP contribution in [-0.4, -0.2) is 32.7 Å². The van der Waals surface area contributed by atoms with E-state index in [0.29, 0.717) is 12.2 Å². The number of anilines is 2. The Morgan fingerprint density at radius 2 is 1.71 bits per heavy atom. The Morgan fingerprint density at radius 1 is 1.04 bits per heavy atom. The second-order valence-corrected chi connectivity index (χ2v) is 7.27. The molecule has 0 aliphatic carbocycles. The minimum atomic E-state index is -3.56. The van der Waals surface area contributed by atoms with E-state index in [2.05, 4.69) is 10.6 Å². The summed E-state index contributed by atoms with van der Waals surface area (Å²) in [5.41, 5.74) is 1.15. The monoisotopic (exact) mass is 349 g/mol. The van der Waals surface area contributed by atoms with Crippen molar-refractivity contribution in [2.24, 2.45) is 0 Å². The van der Waals surface area contributed by atoms with Crippen molar-refractivity contribution >= 4 is 26.9 Å². The SMILES string of the molecule is CS(=O)(=O)c1cc([N+](=O)[O-])ccc1NCCCNc1ccccc1. The number of nitro benzene ring substituents is 1. The van der Waals surface area contributed by atoms with Crippen molar-refractivity contribution in [2.75, 3.05) is 30.0 Å². The molecule has 0 saturated heterocycles. The maximum atomic E-state index is 11.8. The Labute approximate surface area is 140 Å². The summed E-state index contributed by atoms with van der Waals surface area (Å²) in [7, 11) is -3.56. The Hall–Kier alpha value is -2.61. The summed E-state index contributed by atoms with van der Waals surface area (Å²) in [6, 6.07) is 13.6. The van der Waals surface area contributed by atoms with Crippen molar-refractivity contribution < 1.29 is 13.3 Å². The van der Waals surface area contributed by atoms with Crippen molar-refractivity contribution in [3.8, 4) is 0 Å². The Balaban J connectivity index is 1.95. The van der Waals surface area contributed by atoms with Gasteiger partial charge in [-0.1, -0.05) is 18.2 Å². The topological polar surface area (TPSA) is 101 Å². The first-order valence-electron chi connectivity index (χ1n) is 7.39. The van der Waals surface area contributed by atoms with Gasteiger partial charge in [0, 0.05) is 37.2 Å². The first-order chi connectivity index (χ1) is 11.4. The average molecular weight is 349 g/mol. The molecule has 2 aromatic carbocycles. The predicted octanol–water partition coefficient (Wildman–Crippen LogP) is 2.91. The molecule has 0 fully saturated rings. The van der Waals surface area contributed by atoms with E-state index in [-0.39, 0.29) is 10.6 Å². The summed E-state index contributed by atoms with van der Waals surface area (Å²) in [6.45, 7) is 1.26. The van der Waals surface area contributed by atoms with E-state index >= 15 is 0 Å². The maximum absolute atomic E-state index is 11.8. The Bertz CT molecular complexity index is 807. The van der Waals surface area contributed by atoms with E-state index in [4.69, 9.17) is 0 Å². The van der Waals surface area contributed by atoms with Crippen LogP contribution in [0.1, 0.15) is 6.42 Å². The summed E-state index contributed by atoms with van der Waals surface area (Å²) < 4.78 is 23.7. The quantitative estimate of drug-likeness (QED) is 0.432. The number of hydrogen-bond donors (Lipinski definition) is 2. The summed E-state index contributed by atoms with van der Waals surface area (Å²) in [5.74, 6) is 0. The number of para-hydroxylation sites is 1. The number of benzene rings is 2. The molecule has 0 bridgehead atoms. The van der Waals surface area contributed by atoms with Crippen molar-refractivity contribution in [3.05, 3.63) is 58.6 Å². The van der Waals surface area contributed by atoms with Gasteiger partial charge in [0.1, 0.15) is 0 Å². The molecule has 0 spiro atoms. The lowest BCUT2D eigenvalue weighted by Crippen LogP contribution is -2.11. The molecule has 0 saturated carbocycles. The molecule has 128 valence electrons. The van der Waals surface area contributed by atoms with Gasteiger partial charge >= 0.3 is 0 Å². The van der Waals surface area contributed by atoms with Gasteiger partial charge in [0.25, 0.3) is 5.69 Å². The largest absolute Gasteiger partial charge is 0.385 e. The van der Waals surface area contributed by atoms with Gasteiger partial charge in [0.15, 0.2) is 9.84 Å². The van der Waals surface area contributed by atoms with E-state index in [1.165, 1.54) is 12.1 Å². The van der Waals surface area contributed by atoms with Gasteiger partial charge in [0.05, 0.1) is 15.5 Å². The molecule has 7 nitrogen and oxygen atoms in total. The van der Waals surface area contributed by atoms with Gasteiger partial charge in [-0.3, -0.25) is 10.1 Å². The standard InChI is InChI=1S/C16H19N3O4S/c1-24(22,23)16-12-14(19(20)21)8-9-15(16)18-11-5-10-17-13-6-3-2-4-7-13/h2-4,6-9,12,17-18H,5,10-11H2,1H3. The van der Waals surface area contributed by atoms with Crippen LogP contribution >= 0.6 is 0 Å². The number of rotatable bonds is 8. The van der Waals surface area contributed by atoms with Crippen molar-refractivity contribution in [3.63, 3.8) is 0 Å². The van der Waals surface area contributed by atoms with Crippen LogP contribution in [0.3, 0.4) is 0 Å². The second-order valence-electron chi connectivity index (χ2n) is 5.28. The molecule has 0 radical (unpaired) electrons. The molecule has 2 rings (SSSR count). The maximum Gasteiger partial charge on any atom is 0.270 e. The minimum Gasteiger partial charge on any atom is -0.385 e. The van der Waals surface area contributed by atoms with Gasteiger partial charge in [-0.25, -0.2) is 8.42 Å². The van der Waals surface area contributed by atoms with E-state index in [1.807, 2.05) is 30.3 Å². The van der Waals surface area contributed by atoms with Crippen LogP contribution in [0.5, 0.6) is 0 Å². The predicted molar refractivity (Wildman–Crippen MR) is 94.2 cm³/mol. The van der Waals surface area contributed by atoms with Crippen LogP contribution in [0.2, 0.25) is 0 Å². The molecule has 8 heteroatoms. The molecule has 2 N–H and O–H groups in total. The summed E-state index contributed by atoms with van der Waals surface area (Å²) in [5, 5.41) is 17.1. The van der Waals surface area contributed by atoms with E-state index in [1.54, 1.807) is 0 Å². The molecular formula is C16H19N3O4S. The van der Waals surface area contributed by atoms with E-state index in [9.17, 15) is 18.5 Å². The normalized spacial score (nSPS) is 11.0. The molecule has 0 unspecified atom stereocenters. The molecule has 0 aromatic heterocycles. The fraction of sp³-hybridized carbons (Fsp3) is 0.250. The van der Waals surface area contributed by atoms with Crippen LogP contribution in [0.4, 0.5) is 17.1 Å². The summed E-state index contributed by atoms with van der Waals surface area (Å²) in [6.07, 6.45) is 1.79. The Kier molecular flexibility index (Phi) is 5.75. The van der Waals surface area contributed by atoms with Gasteiger partial charge in [0.2, 0.25) is 0 Å². The zero-order valence-electron chi connectivity index (χ0n) is 13.2. The fourth-order valence-corrected chi connectivity index (χ4v) is 3.05. The molecule has 24 heavy (non-hydrogen) atoms. The van der Waals surface area contributed by atoms with Crippen molar-refractivity contribution in [1.82, 2.24) is 0 Å². The number of sulfone groups is 1. The van der Waals surface area contributed by atoms with Crippen LogP contribution in [0, 0.1) is 10.1 Å².